The van der Waals surface area contributed by atoms with Crippen molar-refractivity contribution < 1.29 is 4.39 Å². The Morgan fingerprint density at radius 3 is 3.05 bits per heavy atom. The average Bonchev–Trinajstić information content (AvgIpc) is 2.89. The van der Waals surface area contributed by atoms with Crippen molar-refractivity contribution in [3.63, 3.8) is 0 Å². The van der Waals surface area contributed by atoms with Crippen LogP contribution in [0.15, 0.2) is 33.5 Å². The van der Waals surface area contributed by atoms with Gasteiger partial charge in [0, 0.05) is 27.1 Å². The third-order valence-corrected chi connectivity index (χ3v) is 6.39. The number of benzene rings is 1. The molecule has 2 aliphatic heterocycles. The summed E-state index contributed by atoms with van der Waals surface area (Å²) in [6.45, 7) is 1.78. The van der Waals surface area contributed by atoms with Crippen LogP contribution in [0.5, 0.6) is 0 Å². The molecule has 5 rings (SSSR count). The molecular weight excluding hydrogens is 303 g/mol. The van der Waals surface area contributed by atoms with Crippen molar-refractivity contribution in [1.82, 2.24) is 4.90 Å². The summed E-state index contributed by atoms with van der Waals surface area (Å²) in [5, 5.41) is 4.33. The number of amidine groups is 1. The van der Waals surface area contributed by atoms with Crippen molar-refractivity contribution in [3.05, 3.63) is 39.9 Å². The van der Waals surface area contributed by atoms with Crippen LogP contribution < -0.4 is 0 Å². The standard InChI is InChI=1S/C16H13FN2S2/c17-10-7-12(11-3-6-20-13(11)8-10)14-15(9-1-2-9)21-16-18-4-5-19(14)16/h3,6-9H,1-2,4-5H2. The SMILES string of the molecule is Fc1cc(C2=C(C3CC3)SC3=NCCN32)c2ccsc2c1. The first-order chi connectivity index (χ1) is 10.3. The summed E-state index contributed by atoms with van der Waals surface area (Å²) < 4.78 is 15.1. The molecule has 0 unspecified atom stereocenters. The zero-order valence-electron chi connectivity index (χ0n) is 11.3. The molecule has 1 aliphatic carbocycles. The van der Waals surface area contributed by atoms with Gasteiger partial charge in [-0.3, -0.25) is 4.99 Å². The molecule has 21 heavy (non-hydrogen) atoms. The Bertz CT molecular complexity index is 817. The highest BCUT2D eigenvalue weighted by atomic mass is 32.2. The summed E-state index contributed by atoms with van der Waals surface area (Å²) in [5.74, 6) is 0.521. The van der Waals surface area contributed by atoms with Gasteiger partial charge in [-0.1, -0.05) is 11.8 Å². The lowest BCUT2D eigenvalue weighted by molar-refractivity contribution is 0.624. The minimum atomic E-state index is -0.141. The van der Waals surface area contributed by atoms with Gasteiger partial charge < -0.3 is 4.90 Å². The van der Waals surface area contributed by atoms with Crippen LogP contribution in [0.3, 0.4) is 0 Å². The average molecular weight is 316 g/mol. The summed E-state index contributed by atoms with van der Waals surface area (Å²) in [4.78, 5) is 8.30. The highest BCUT2D eigenvalue weighted by Crippen LogP contribution is 2.53. The van der Waals surface area contributed by atoms with Gasteiger partial charge in [0.05, 0.1) is 12.2 Å². The molecule has 106 valence electrons. The first-order valence-electron chi connectivity index (χ1n) is 7.22. The third kappa shape index (κ3) is 1.80. The van der Waals surface area contributed by atoms with Gasteiger partial charge in [0.2, 0.25) is 0 Å². The van der Waals surface area contributed by atoms with Crippen LogP contribution in [-0.4, -0.2) is 23.2 Å². The monoisotopic (exact) mass is 316 g/mol. The first kappa shape index (κ1) is 12.2. The molecule has 0 radical (unpaired) electrons. The number of fused-ring (bicyclic) bond motifs is 2. The third-order valence-electron chi connectivity index (χ3n) is 4.25. The van der Waals surface area contributed by atoms with E-state index in [0.717, 1.165) is 28.5 Å². The minimum absolute atomic E-state index is 0.141. The molecule has 0 atom stereocenters. The second-order valence-corrected chi connectivity index (χ2v) is 7.65. The number of thiophene rings is 1. The molecule has 1 fully saturated rings. The lowest BCUT2D eigenvalue weighted by atomic mass is 10.0. The predicted molar refractivity (Wildman–Crippen MR) is 88.0 cm³/mol. The van der Waals surface area contributed by atoms with E-state index in [1.165, 1.54) is 28.8 Å². The topological polar surface area (TPSA) is 15.6 Å². The molecule has 1 aromatic carbocycles. The van der Waals surface area contributed by atoms with Crippen molar-refractivity contribution in [2.45, 2.75) is 12.8 Å². The fourth-order valence-corrected chi connectivity index (χ4v) is 5.34. The number of aliphatic imine (C=N–C) groups is 1. The van der Waals surface area contributed by atoms with E-state index < -0.39 is 0 Å². The Kier molecular flexibility index (Phi) is 2.53. The van der Waals surface area contributed by atoms with Gasteiger partial charge in [-0.05, 0) is 42.3 Å². The maximum absolute atomic E-state index is 14.0. The molecule has 2 nitrogen and oxygen atoms in total. The fourth-order valence-electron chi connectivity index (χ4n) is 3.14. The highest BCUT2D eigenvalue weighted by Gasteiger charge is 2.40. The van der Waals surface area contributed by atoms with Crippen molar-refractivity contribution in [2.75, 3.05) is 13.1 Å². The zero-order chi connectivity index (χ0) is 14.0. The molecule has 0 amide bonds. The second kappa shape index (κ2) is 4.34. The van der Waals surface area contributed by atoms with E-state index in [1.807, 2.05) is 17.1 Å². The van der Waals surface area contributed by atoms with E-state index in [9.17, 15) is 4.39 Å². The maximum Gasteiger partial charge on any atom is 0.168 e. The highest BCUT2D eigenvalue weighted by molar-refractivity contribution is 8.17. The molecule has 0 saturated heterocycles. The molecule has 1 aromatic heterocycles. The van der Waals surface area contributed by atoms with Gasteiger partial charge in [-0.2, -0.15) is 0 Å². The van der Waals surface area contributed by atoms with Crippen LogP contribution in [0.2, 0.25) is 0 Å². The number of allylic oxidation sites excluding steroid dienone is 1. The zero-order valence-corrected chi connectivity index (χ0v) is 12.9. The van der Waals surface area contributed by atoms with E-state index in [-0.39, 0.29) is 5.82 Å². The fraction of sp³-hybridized carbons (Fsp3) is 0.312. The number of halogens is 1. The van der Waals surface area contributed by atoms with E-state index in [0.29, 0.717) is 5.92 Å². The molecule has 1 saturated carbocycles. The van der Waals surface area contributed by atoms with E-state index in [4.69, 9.17) is 0 Å². The van der Waals surface area contributed by atoms with Crippen molar-refractivity contribution in [3.8, 4) is 0 Å². The second-order valence-electron chi connectivity index (χ2n) is 5.69. The van der Waals surface area contributed by atoms with Crippen molar-refractivity contribution in [1.29, 1.82) is 0 Å². The largest absolute Gasteiger partial charge is 0.318 e. The number of thioether (sulfide) groups is 1. The van der Waals surface area contributed by atoms with Gasteiger partial charge in [0.1, 0.15) is 5.82 Å². The van der Waals surface area contributed by atoms with Gasteiger partial charge in [-0.25, -0.2) is 4.39 Å². The maximum atomic E-state index is 14.0. The summed E-state index contributed by atoms with van der Waals surface area (Å²) in [5.41, 5.74) is 2.27. The smallest absolute Gasteiger partial charge is 0.168 e. The molecule has 0 spiro atoms. The number of rotatable bonds is 2. The molecule has 5 heteroatoms. The van der Waals surface area contributed by atoms with E-state index >= 15 is 0 Å². The Morgan fingerprint density at radius 1 is 1.29 bits per heavy atom. The van der Waals surface area contributed by atoms with E-state index in [1.54, 1.807) is 23.5 Å². The summed E-state index contributed by atoms with van der Waals surface area (Å²) in [7, 11) is 0. The van der Waals surface area contributed by atoms with Crippen LogP contribution in [0, 0.1) is 11.7 Å². The summed E-state index contributed by atoms with van der Waals surface area (Å²) in [6.07, 6.45) is 2.52. The van der Waals surface area contributed by atoms with Gasteiger partial charge in [-0.15, -0.1) is 11.3 Å². The van der Waals surface area contributed by atoms with Crippen LogP contribution in [0.1, 0.15) is 18.4 Å². The molecule has 3 aliphatic rings. The first-order valence-corrected chi connectivity index (χ1v) is 8.92. The van der Waals surface area contributed by atoms with Gasteiger partial charge in [0.25, 0.3) is 0 Å². The summed E-state index contributed by atoms with van der Waals surface area (Å²) in [6, 6.07) is 5.46. The van der Waals surface area contributed by atoms with Gasteiger partial charge in [0.15, 0.2) is 5.17 Å². The van der Waals surface area contributed by atoms with Crippen LogP contribution in [-0.2, 0) is 0 Å². The Labute approximate surface area is 130 Å². The molecule has 0 N–H and O–H groups in total. The van der Waals surface area contributed by atoms with Crippen molar-refractivity contribution in [2.24, 2.45) is 10.9 Å². The Morgan fingerprint density at radius 2 is 2.19 bits per heavy atom. The van der Waals surface area contributed by atoms with Crippen LogP contribution in [0.25, 0.3) is 15.8 Å². The minimum Gasteiger partial charge on any atom is -0.318 e. The number of hydrogen-bond acceptors (Lipinski definition) is 4. The molecule has 2 aromatic rings. The lowest BCUT2D eigenvalue weighted by Gasteiger charge is -2.18. The normalized spacial score (nSPS) is 21.4. The van der Waals surface area contributed by atoms with Gasteiger partial charge >= 0.3 is 0 Å². The van der Waals surface area contributed by atoms with E-state index in [2.05, 4.69) is 16.0 Å². The molecule has 3 heterocycles. The molecule has 0 bridgehead atoms. The lowest BCUT2D eigenvalue weighted by Crippen LogP contribution is -2.20. The Balaban J connectivity index is 1.78. The quantitative estimate of drug-likeness (QED) is 0.808. The number of nitrogens with zero attached hydrogens (tertiary/aromatic N) is 2. The van der Waals surface area contributed by atoms with Crippen molar-refractivity contribution >= 4 is 44.0 Å². The molecular formula is C16H13FN2S2. The van der Waals surface area contributed by atoms with Crippen LogP contribution in [0.4, 0.5) is 4.39 Å². The van der Waals surface area contributed by atoms with Crippen LogP contribution >= 0.6 is 23.1 Å². The predicted octanol–water partition coefficient (Wildman–Crippen LogP) is 4.54. The Hall–Kier alpha value is -1.33. The number of hydrogen-bond donors (Lipinski definition) is 0. The summed E-state index contributed by atoms with van der Waals surface area (Å²) >= 11 is 3.42.